The number of aryl methyl sites for hydroxylation is 1. The van der Waals surface area contributed by atoms with Crippen molar-refractivity contribution in [3.63, 3.8) is 0 Å². The van der Waals surface area contributed by atoms with E-state index in [1.807, 2.05) is 24.3 Å². The molecule has 2 aromatic heterocycles. The molecule has 4 heteroatoms. The molecule has 0 fully saturated rings. The molecule has 0 spiro atoms. The van der Waals surface area contributed by atoms with E-state index >= 15 is 0 Å². The SMILES string of the molecule is COC(=O)CCc1ccc2cccnc2n1. The Bertz CT molecular complexity index is 511. The molecule has 0 atom stereocenters. The van der Waals surface area contributed by atoms with Gasteiger partial charge in [0.15, 0.2) is 5.65 Å². The summed E-state index contributed by atoms with van der Waals surface area (Å²) < 4.78 is 4.58. The van der Waals surface area contributed by atoms with Gasteiger partial charge < -0.3 is 4.74 Å². The third-order valence-corrected chi connectivity index (χ3v) is 2.33. The molecule has 0 saturated carbocycles. The summed E-state index contributed by atoms with van der Waals surface area (Å²) in [5.74, 6) is -0.220. The van der Waals surface area contributed by atoms with Crippen molar-refractivity contribution < 1.29 is 9.53 Å². The summed E-state index contributed by atoms with van der Waals surface area (Å²) in [7, 11) is 1.39. The molecule has 0 saturated heterocycles. The summed E-state index contributed by atoms with van der Waals surface area (Å²) >= 11 is 0. The Morgan fingerprint density at radius 2 is 2.25 bits per heavy atom. The summed E-state index contributed by atoms with van der Waals surface area (Å²) in [6.45, 7) is 0. The summed E-state index contributed by atoms with van der Waals surface area (Å²) in [4.78, 5) is 19.5. The fourth-order valence-corrected chi connectivity index (χ4v) is 1.46. The minimum Gasteiger partial charge on any atom is -0.469 e. The van der Waals surface area contributed by atoms with Crippen LogP contribution in [0.3, 0.4) is 0 Å². The minimum atomic E-state index is -0.220. The van der Waals surface area contributed by atoms with Gasteiger partial charge in [0, 0.05) is 23.7 Å². The number of pyridine rings is 2. The first kappa shape index (κ1) is 10.5. The molecule has 0 aromatic carbocycles. The summed E-state index contributed by atoms with van der Waals surface area (Å²) in [6, 6.07) is 7.70. The lowest BCUT2D eigenvalue weighted by Crippen LogP contribution is -2.03. The topological polar surface area (TPSA) is 52.1 Å². The van der Waals surface area contributed by atoms with E-state index in [0.717, 1.165) is 11.1 Å². The highest BCUT2D eigenvalue weighted by Crippen LogP contribution is 2.10. The van der Waals surface area contributed by atoms with Gasteiger partial charge in [-0.3, -0.25) is 4.79 Å². The third kappa shape index (κ3) is 2.34. The van der Waals surface area contributed by atoms with Crippen molar-refractivity contribution in [3.8, 4) is 0 Å². The number of ether oxygens (including phenoxy) is 1. The van der Waals surface area contributed by atoms with Crippen LogP contribution in [0.2, 0.25) is 0 Å². The van der Waals surface area contributed by atoms with Gasteiger partial charge in [0.1, 0.15) is 0 Å². The predicted octanol–water partition coefficient (Wildman–Crippen LogP) is 1.74. The Hall–Kier alpha value is -1.97. The van der Waals surface area contributed by atoms with Crippen LogP contribution >= 0.6 is 0 Å². The van der Waals surface area contributed by atoms with Crippen LogP contribution in [-0.2, 0) is 16.0 Å². The number of carbonyl (C=O) groups is 1. The second-order valence-corrected chi connectivity index (χ2v) is 3.43. The highest BCUT2D eigenvalue weighted by molar-refractivity contribution is 5.74. The zero-order valence-corrected chi connectivity index (χ0v) is 9.01. The molecule has 0 amide bonds. The molecule has 0 aliphatic rings. The van der Waals surface area contributed by atoms with E-state index in [0.29, 0.717) is 18.5 Å². The van der Waals surface area contributed by atoms with Gasteiger partial charge >= 0.3 is 5.97 Å². The van der Waals surface area contributed by atoms with Crippen molar-refractivity contribution in [2.24, 2.45) is 0 Å². The number of esters is 1. The first-order valence-corrected chi connectivity index (χ1v) is 5.07. The number of rotatable bonds is 3. The number of hydrogen-bond donors (Lipinski definition) is 0. The molecule has 82 valence electrons. The number of hydrogen-bond acceptors (Lipinski definition) is 4. The van der Waals surface area contributed by atoms with Gasteiger partial charge in [-0.05, 0) is 24.3 Å². The summed E-state index contributed by atoms with van der Waals surface area (Å²) in [5, 5.41) is 1.00. The van der Waals surface area contributed by atoms with Crippen LogP contribution < -0.4 is 0 Å². The summed E-state index contributed by atoms with van der Waals surface area (Å²) in [5.41, 5.74) is 1.57. The molecule has 0 aliphatic carbocycles. The van der Waals surface area contributed by atoms with Gasteiger partial charge in [-0.15, -0.1) is 0 Å². The Morgan fingerprint density at radius 3 is 3.06 bits per heavy atom. The first-order chi connectivity index (χ1) is 7.79. The molecule has 16 heavy (non-hydrogen) atoms. The molecule has 0 bridgehead atoms. The van der Waals surface area contributed by atoms with E-state index in [2.05, 4.69) is 14.7 Å². The monoisotopic (exact) mass is 216 g/mol. The van der Waals surface area contributed by atoms with Crippen LogP contribution in [0.15, 0.2) is 30.5 Å². The lowest BCUT2D eigenvalue weighted by Gasteiger charge is -2.01. The molecule has 0 N–H and O–H groups in total. The molecule has 2 rings (SSSR count). The molecule has 0 radical (unpaired) electrons. The van der Waals surface area contributed by atoms with Crippen molar-refractivity contribution in [1.29, 1.82) is 0 Å². The molecule has 2 heterocycles. The highest BCUT2D eigenvalue weighted by atomic mass is 16.5. The first-order valence-electron chi connectivity index (χ1n) is 5.07. The largest absolute Gasteiger partial charge is 0.469 e. The molecule has 0 aliphatic heterocycles. The van der Waals surface area contributed by atoms with Crippen molar-refractivity contribution in [2.45, 2.75) is 12.8 Å². The second kappa shape index (κ2) is 4.70. The zero-order chi connectivity index (χ0) is 11.4. The maximum absolute atomic E-state index is 11.0. The minimum absolute atomic E-state index is 0.220. The van der Waals surface area contributed by atoms with E-state index in [1.54, 1.807) is 6.20 Å². The van der Waals surface area contributed by atoms with E-state index in [-0.39, 0.29) is 5.97 Å². The Balaban J connectivity index is 2.16. The fraction of sp³-hybridized carbons (Fsp3) is 0.250. The maximum atomic E-state index is 11.0. The predicted molar refractivity (Wildman–Crippen MR) is 59.9 cm³/mol. The van der Waals surface area contributed by atoms with Gasteiger partial charge in [-0.2, -0.15) is 0 Å². The number of methoxy groups -OCH3 is 1. The van der Waals surface area contributed by atoms with Crippen LogP contribution in [0, 0.1) is 0 Å². The zero-order valence-electron chi connectivity index (χ0n) is 9.01. The van der Waals surface area contributed by atoms with E-state index in [9.17, 15) is 4.79 Å². The lowest BCUT2D eigenvalue weighted by molar-refractivity contribution is -0.140. The van der Waals surface area contributed by atoms with E-state index in [4.69, 9.17) is 0 Å². The van der Waals surface area contributed by atoms with E-state index < -0.39 is 0 Å². The van der Waals surface area contributed by atoms with Gasteiger partial charge in [0.25, 0.3) is 0 Å². The van der Waals surface area contributed by atoms with Crippen molar-refractivity contribution in [1.82, 2.24) is 9.97 Å². The van der Waals surface area contributed by atoms with Gasteiger partial charge in [0.05, 0.1) is 13.5 Å². The fourth-order valence-electron chi connectivity index (χ4n) is 1.46. The molecule has 0 unspecified atom stereocenters. The Labute approximate surface area is 93.3 Å². The van der Waals surface area contributed by atoms with Crippen molar-refractivity contribution in [3.05, 3.63) is 36.2 Å². The van der Waals surface area contributed by atoms with Crippen LogP contribution in [0.25, 0.3) is 11.0 Å². The Morgan fingerprint density at radius 1 is 1.38 bits per heavy atom. The second-order valence-electron chi connectivity index (χ2n) is 3.43. The van der Waals surface area contributed by atoms with E-state index in [1.165, 1.54) is 7.11 Å². The normalized spacial score (nSPS) is 10.3. The molecule has 4 nitrogen and oxygen atoms in total. The number of nitrogens with zero attached hydrogens (tertiary/aromatic N) is 2. The number of fused-ring (bicyclic) bond motifs is 1. The van der Waals surface area contributed by atoms with Crippen molar-refractivity contribution >= 4 is 17.0 Å². The Kier molecular flexibility index (Phi) is 3.10. The average Bonchev–Trinajstić information content (AvgIpc) is 2.35. The molecular weight excluding hydrogens is 204 g/mol. The third-order valence-electron chi connectivity index (χ3n) is 2.33. The average molecular weight is 216 g/mol. The maximum Gasteiger partial charge on any atom is 0.305 e. The summed E-state index contributed by atoms with van der Waals surface area (Å²) in [6.07, 6.45) is 2.64. The van der Waals surface area contributed by atoms with Crippen molar-refractivity contribution in [2.75, 3.05) is 7.11 Å². The standard InChI is InChI=1S/C12H12N2O2/c1-16-11(15)7-6-10-5-4-9-3-2-8-13-12(9)14-10/h2-5,8H,6-7H2,1H3. The quantitative estimate of drug-likeness (QED) is 0.733. The van der Waals surface area contributed by atoms with Gasteiger partial charge in [-0.1, -0.05) is 0 Å². The number of aromatic nitrogens is 2. The van der Waals surface area contributed by atoms with Crippen LogP contribution in [0.1, 0.15) is 12.1 Å². The molecule has 2 aromatic rings. The lowest BCUT2D eigenvalue weighted by atomic mass is 10.2. The molecular formula is C12H12N2O2. The van der Waals surface area contributed by atoms with Crippen LogP contribution in [-0.4, -0.2) is 23.0 Å². The van der Waals surface area contributed by atoms with Crippen LogP contribution in [0.5, 0.6) is 0 Å². The van der Waals surface area contributed by atoms with Gasteiger partial charge in [0.2, 0.25) is 0 Å². The number of carbonyl (C=O) groups excluding carboxylic acids is 1. The highest BCUT2D eigenvalue weighted by Gasteiger charge is 2.03. The van der Waals surface area contributed by atoms with Gasteiger partial charge in [-0.25, -0.2) is 9.97 Å². The smallest absolute Gasteiger partial charge is 0.305 e. The van der Waals surface area contributed by atoms with Crippen LogP contribution in [0.4, 0.5) is 0 Å².